The van der Waals surface area contributed by atoms with Gasteiger partial charge in [0.15, 0.2) is 11.5 Å². The van der Waals surface area contributed by atoms with Crippen LogP contribution in [0.4, 0.5) is 5.69 Å². The Morgan fingerprint density at radius 3 is 2.69 bits per heavy atom. The number of ether oxygens (including phenoxy) is 2. The van der Waals surface area contributed by atoms with Crippen LogP contribution >= 0.6 is 11.6 Å². The molecule has 2 N–H and O–H groups in total. The standard InChI is InChI=1S/C20H19ClN2O3/c1-20(2,15-11-22-16-9-12(21)3-5-14(15)16)19(24)23-13-4-6-17-18(10-13)26-8-7-25-17/h3-6,9-11,22H,7-8H2,1-2H3,(H,23,24). The Labute approximate surface area is 156 Å². The fourth-order valence-corrected chi connectivity index (χ4v) is 3.32. The Morgan fingerprint density at radius 1 is 1.12 bits per heavy atom. The molecule has 0 radical (unpaired) electrons. The fraction of sp³-hybridized carbons (Fsp3) is 0.250. The first-order valence-electron chi connectivity index (χ1n) is 8.43. The third kappa shape index (κ3) is 2.88. The van der Waals surface area contributed by atoms with Gasteiger partial charge in [-0.05, 0) is 43.7 Å². The van der Waals surface area contributed by atoms with E-state index in [1.165, 1.54) is 0 Å². The number of hydrogen-bond donors (Lipinski definition) is 2. The van der Waals surface area contributed by atoms with Gasteiger partial charge in [-0.15, -0.1) is 0 Å². The lowest BCUT2D eigenvalue weighted by molar-refractivity contribution is -0.120. The van der Waals surface area contributed by atoms with E-state index in [9.17, 15) is 4.79 Å². The number of carbonyl (C=O) groups is 1. The second-order valence-corrected chi connectivity index (χ2v) is 7.27. The maximum absolute atomic E-state index is 13.0. The van der Waals surface area contributed by atoms with Crippen LogP contribution in [0.15, 0.2) is 42.6 Å². The number of aromatic nitrogens is 1. The second-order valence-electron chi connectivity index (χ2n) is 6.83. The van der Waals surface area contributed by atoms with Crippen LogP contribution in [-0.2, 0) is 10.2 Å². The first-order valence-corrected chi connectivity index (χ1v) is 8.81. The van der Waals surface area contributed by atoms with Gasteiger partial charge in [0.2, 0.25) is 5.91 Å². The highest BCUT2D eigenvalue weighted by atomic mass is 35.5. The van der Waals surface area contributed by atoms with Gasteiger partial charge >= 0.3 is 0 Å². The first kappa shape index (κ1) is 16.8. The van der Waals surface area contributed by atoms with Crippen molar-refractivity contribution in [3.05, 3.63) is 53.2 Å². The fourth-order valence-electron chi connectivity index (χ4n) is 3.15. The molecule has 2 heterocycles. The minimum absolute atomic E-state index is 0.106. The van der Waals surface area contributed by atoms with Gasteiger partial charge < -0.3 is 19.8 Å². The Morgan fingerprint density at radius 2 is 1.88 bits per heavy atom. The van der Waals surface area contributed by atoms with E-state index < -0.39 is 5.41 Å². The summed E-state index contributed by atoms with van der Waals surface area (Å²) in [6.07, 6.45) is 1.87. The van der Waals surface area contributed by atoms with Gasteiger partial charge in [-0.2, -0.15) is 0 Å². The second kappa shape index (κ2) is 6.25. The first-order chi connectivity index (χ1) is 12.4. The molecule has 6 heteroatoms. The Bertz CT molecular complexity index is 994. The Kier molecular flexibility index (Phi) is 4.04. The van der Waals surface area contributed by atoms with Crippen LogP contribution in [0.25, 0.3) is 10.9 Å². The van der Waals surface area contributed by atoms with Crippen molar-refractivity contribution in [3.63, 3.8) is 0 Å². The monoisotopic (exact) mass is 370 g/mol. The molecule has 4 rings (SSSR count). The molecule has 0 fully saturated rings. The van der Waals surface area contributed by atoms with Crippen molar-refractivity contribution in [2.75, 3.05) is 18.5 Å². The van der Waals surface area contributed by atoms with Crippen molar-refractivity contribution in [1.29, 1.82) is 0 Å². The molecular formula is C20H19ClN2O3. The number of aromatic amines is 1. The summed E-state index contributed by atoms with van der Waals surface area (Å²) in [6, 6.07) is 11.0. The average molecular weight is 371 g/mol. The molecule has 134 valence electrons. The highest BCUT2D eigenvalue weighted by Crippen LogP contribution is 2.35. The van der Waals surface area contributed by atoms with Crippen LogP contribution in [0.5, 0.6) is 11.5 Å². The molecule has 26 heavy (non-hydrogen) atoms. The molecule has 0 spiro atoms. The number of hydrogen-bond acceptors (Lipinski definition) is 3. The van der Waals surface area contributed by atoms with Gasteiger partial charge in [0.05, 0.1) is 5.41 Å². The maximum Gasteiger partial charge on any atom is 0.234 e. The van der Waals surface area contributed by atoms with Crippen LogP contribution in [0.3, 0.4) is 0 Å². The summed E-state index contributed by atoms with van der Waals surface area (Å²) in [7, 11) is 0. The van der Waals surface area contributed by atoms with E-state index >= 15 is 0 Å². The summed E-state index contributed by atoms with van der Waals surface area (Å²) in [5.74, 6) is 1.24. The zero-order chi connectivity index (χ0) is 18.3. The summed E-state index contributed by atoms with van der Waals surface area (Å²) in [6.45, 7) is 4.85. The van der Waals surface area contributed by atoms with Crippen molar-refractivity contribution < 1.29 is 14.3 Å². The van der Waals surface area contributed by atoms with Crippen LogP contribution in [0.1, 0.15) is 19.4 Å². The van der Waals surface area contributed by atoms with Crippen LogP contribution in [0, 0.1) is 0 Å². The maximum atomic E-state index is 13.0. The molecular weight excluding hydrogens is 352 g/mol. The molecule has 3 aromatic rings. The van der Waals surface area contributed by atoms with Gasteiger partial charge in [0.1, 0.15) is 13.2 Å². The van der Waals surface area contributed by atoms with Crippen molar-refractivity contribution in [1.82, 2.24) is 4.98 Å². The van der Waals surface area contributed by atoms with E-state index in [1.807, 2.05) is 50.4 Å². The van der Waals surface area contributed by atoms with Gasteiger partial charge in [0, 0.05) is 33.9 Å². The summed E-state index contributed by atoms with van der Waals surface area (Å²) in [5.41, 5.74) is 1.77. The Hall–Kier alpha value is -2.66. The van der Waals surface area contributed by atoms with E-state index in [0.29, 0.717) is 35.4 Å². The number of amides is 1. The number of carbonyl (C=O) groups excluding carboxylic acids is 1. The summed E-state index contributed by atoms with van der Waals surface area (Å²) >= 11 is 6.05. The molecule has 0 aliphatic carbocycles. The molecule has 1 aliphatic heterocycles. The molecule has 0 bridgehead atoms. The zero-order valence-electron chi connectivity index (χ0n) is 14.6. The molecule has 1 aromatic heterocycles. The van der Waals surface area contributed by atoms with Crippen LogP contribution in [0.2, 0.25) is 5.02 Å². The molecule has 0 saturated heterocycles. The lowest BCUT2D eigenvalue weighted by atomic mass is 9.83. The van der Waals surface area contributed by atoms with Crippen molar-refractivity contribution in [2.24, 2.45) is 0 Å². The molecule has 0 atom stereocenters. The predicted molar refractivity (Wildman–Crippen MR) is 102 cm³/mol. The van der Waals surface area contributed by atoms with E-state index in [4.69, 9.17) is 21.1 Å². The molecule has 5 nitrogen and oxygen atoms in total. The highest BCUT2D eigenvalue weighted by molar-refractivity contribution is 6.31. The lowest BCUT2D eigenvalue weighted by Crippen LogP contribution is -2.34. The van der Waals surface area contributed by atoms with Gasteiger partial charge in [-0.3, -0.25) is 4.79 Å². The minimum atomic E-state index is -0.737. The molecule has 0 unspecified atom stereocenters. The molecule has 1 aliphatic rings. The topological polar surface area (TPSA) is 63.4 Å². The predicted octanol–water partition coefficient (Wildman–Crippen LogP) is 4.51. The van der Waals surface area contributed by atoms with E-state index in [0.717, 1.165) is 16.5 Å². The van der Waals surface area contributed by atoms with Crippen molar-refractivity contribution in [3.8, 4) is 11.5 Å². The zero-order valence-corrected chi connectivity index (χ0v) is 15.3. The van der Waals surface area contributed by atoms with Gasteiger partial charge in [-0.25, -0.2) is 0 Å². The number of rotatable bonds is 3. The third-order valence-corrected chi connectivity index (χ3v) is 4.92. The van der Waals surface area contributed by atoms with Gasteiger partial charge in [-0.1, -0.05) is 17.7 Å². The summed E-state index contributed by atoms with van der Waals surface area (Å²) in [5, 5.41) is 4.62. The third-order valence-electron chi connectivity index (χ3n) is 4.68. The van der Waals surface area contributed by atoms with E-state index in [1.54, 1.807) is 6.07 Å². The molecule has 1 amide bonds. The van der Waals surface area contributed by atoms with Gasteiger partial charge in [0.25, 0.3) is 0 Å². The largest absolute Gasteiger partial charge is 0.486 e. The smallest absolute Gasteiger partial charge is 0.234 e. The van der Waals surface area contributed by atoms with Crippen molar-refractivity contribution in [2.45, 2.75) is 19.3 Å². The van der Waals surface area contributed by atoms with E-state index in [-0.39, 0.29) is 5.91 Å². The number of H-pyrrole nitrogens is 1. The average Bonchev–Trinajstić information content (AvgIpc) is 3.05. The normalized spacial score (nSPS) is 13.7. The summed E-state index contributed by atoms with van der Waals surface area (Å²) in [4.78, 5) is 16.2. The number of nitrogens with one attached hydrogen (secondary N) is 2. The quantitative estimate of drug-likeness (QED) is 0.713. The van der Waals surface area contributed by atoms with Crippen molar-refractivity contribution >= 4 is 34.1 Å². The highest BCUT2D eigenvalue weighted by Gasteiger charge is 2.32. The molecule has 2 aromatic carbocycles. The molecule has 0 saturated carbocycles. The number of halogens is 1. The van der Waals surface area contributed by atoms with Crippen LogP contribution < -0.4 is 14.8 Å². The minimum Gasteiger partial charge on any atom is -0.486 e. The lowest BCUT2D eigenvalue weighted by Gasteiger charge is -2.24. The summed E-state index contributed by atoms with van der Waals surface area (Å²) < 4.78 is 11.1. The number of fused-ring (bicyclic) bond motifs is 2. The number of benzene rings is 2. The van der Waals surface area contributed by atoms with E-state index in [2.05, 4.69) is 10.3 Å². The SMILES string of the molecule is CC(C)(C(=O)Nc1ccc2c(c1)OCCO2)c1c[nH]c2cc(Cl)ccc12. The Balaban J connectivity index is 1.62. The number of anilines is 1. The van der Waals surface area contributed by atoms with Crippen LogP contribution in [-0.4, -0.2) is 24.1 Å².